The lowest BCUT2D eigenvalue weighted by Gasteiger charge is -1.82. The second-order valence-corrected chi connectivity index (χ2v) is 1.84. The maximum Gasteiger partial charge on any atom is 0.375 e. The van der Waals surface area contributed by atoms with Crippen molar-refractivity contribution in [1.82, 2.24) is 4.98 Å². The lowest BCUT2D eigenvalue weighted by atomic mass is 10.5. The number of halogens is 1. The van der Waals surface area contributed by atoms with E-state index >= 15 is 0 Å². The number of nitrogens with two attached hydrogens (primary N) is 1. The Morgan fingerprint density at radius 2 is 2.40 bits per heavy atom. The van der Waals surface area contributed by atoms with Crippen LogP contribution in [0, 0.1) is 0 Å². The van der Waals surface area contributed by atoms with E-state index in [2.05, 4.69) is 9.40 Å². The number of carboxylic acids is 1. The number of aromatic carboxylic acids is 1. The number of nitrogens with zero attached hydrogens (tertiary/aromatic N) is 1. The lowest BCUT2D eigenvalue weighted by Crippen LogP contribution is -1.93. The van der Waals surface area contributed by atoms with Gasteiger partial charge in [-0.15, -0.1) is 0 Å². The van der Waals surface area contributed by atoms with Crippen LogP contribution in [0.3, 0.4) is 0 Å². The van der Waals surface area contributed by atoms with Gasteiger partial charge in [-0.1, -0.05) is 11.6 Å². The molecule has 1 aromatic heterocycles. The third-order valence-corrected chi connectivity index (χ3v) is 1.05. The largest absolute Gasteiger partial charge is 0.475 e. The van der Waals surface area contributed by atoms with Crippen LogP contribution >= 0.6 is 11.6 Å². The Balaban J connectivity index is 3.15. The van der Waals surface area contributed by atoms with E-state index in [1.165, 1.54) is 0 Å². The highest BCUT2D eigenvalue weighted by atomic mass is 35.5. The van der Waals surface area contributed by atoms with Gasteiger partial charge < -0.3 is 15.3 Å². The van der Waals surface area contributed by atoms with Crippen LogP contribution in [0.2, 0.25) is 5.15 Å². The number of aromatic nitrogens is 1. The third kappa shape index (κ3) is 1.03. The van der Waals surface area contributed by atoms with E-state index in [1.807, 2.05) is 0 Å². The van der Waals surface area contributed by atoms with Gasteiger partial charge in [0.25, 0.3) is 11.8 Å². The first kappa shape index (κ1) is 6.88. The number of hydrogen-bond donors (Lipinski definition) is 2. The topological polar surface area (TPSA) is 89.3 Å². The summed E-state index contributed by atoms with van der Waals surface area (Å²) in [5.41, 5.74) is 4.99. The Labute approximate surface area is 60.4 Å². The first-order chi connectivity index (χ1) is 4.61. The van der Waals surface area contributed by atoms with Gasteiger partial charge in [0, 0.05) is 0 Å². The molecule has 0 atom stereocenters. The summed E-state index contributed by atoms with van der Waals surface area (Å²) >= 11 is 5.27. The van der Waals surface area contributed by atoms with Gasteiger partial charge >= 0.3 is 5.97 Å². The van der Waals surface area contributed by atoms with Crippen molar-refractivity contribution in [3.8, 4) is 0 Å². The number of rotatable bonds is 1. The first-order valence-corrected chi connectivity index (χ1v) is 2.64. The number of anilines is 1. The van der Waals surface area contributed by atoms with E-state index in [-0.39, 0.29) is 11.2 Å². The molecule has 5 nitrogen and oxygen atoms in total. The van der Waals surface area contributed by atoms with Crippen molar-refractivity contribution >= 4 is 23.6 Å². The van der Waals surface area contributed by atoms with Crippen LogP contribution in [0.15, 0.2) is 4.42 Å². The molecule has 1 aromatic rings. The molecule has 10 heavy (non-hydrogen) atoms. The standard InChI is InChI=1S/C4H3ClN2O3/c5-2-1(3(8)9)10-4(6)7-2/h(H2,6,7)(H,8,9). The summed E-state index contributed by atoms with van der Waals surface area (Å²) in [6.07, 6.45) is 0. The van der Waals surface area contributed by atoms with Crippen molar-refractivity contribution in [2.45, 2.75) is 0 Å². The van der Waals surface area contributed by atoms with E-state index in [1.54, 1.807) is 0 Å². The molecule has 3 N–H and O–H groups in total. The first-order valence-electron chi connectivity index (χ1n) is 2.26. The zero-order valence-corrected chi connectivity index (χ0v) is 5.42. The summed E-state index contributed by atoms with van der Waals surface area (Å²) in [5, 5.41) is 8.07. The Kier molecular flexibility index (Phi) is 1.50. The van der Waals surface area contributed by atoms with Gasteiger partial charge in [-0.2, -0.15) is 4.98 Å². The number of carbonyl (C=O) groups is 1. The Morgan fingerprint density at radius 1 is 1.80 bits per heavy atom. The fraction of sp³-hybridized carbons (Fsp3) is 0. The van der Waals surface area contributed by atoms with Crippen LogP contribution < -0.4 is 5.73 Å². The zero-order chi connectivity index (χ0) is 7.72. The van der Waals surface area contributed by atoms with Crippen LogP contribution in [-0.4, -0.2) is 16.1 Å². The van der Waals surface area contributed by atoms with Crippen molar-refractivity contribution in [2.24, 2.45) is 0 Å². The second-order valence-electron chi connectivity index (χ2n) is 1.48. The molecule has 0 aliphatic carbocycles. The van der Waals surface area contributed by atoms with Gasteiger partial charge in [0.15, 0.2) is 5.15 Å². The number of nitrogen functional groups attached to an aromatic ring is 1. The summed E-state index contributed by atoms with van der Waals surface area (Å²) < 4.78 is 4.41. The maximum atomic E-state index is 10.2. The maximum absolute atomic E-state index is 10.2. The Hall–Kier alpha value is -1.23. The lowest BCUT2D eigenvalue weighted by molar-refractivity contribution is 0.0664. The molecule has 0 unspecified atom stereocenters. The molecule has 54 valence electrons. The normalized spacial score (nSPS) is 9.70. The highest BCUT2D eigenvalue weighted by Gasteiger charge is 2.15. The fourth-order valence-electron chi connectivity index (χ4n) is 0.449. The smallest absolute Gasteiger partial charge is 0.375 e. The van der Waals surface area contributed by atoms with Crippen molar-refractivity contribution in [3.05, 3.63) is 10.9 Å². The molecule has 0 fully saturated rings. The summed E-state index contributed by atoms with van der Waals surface area (Å²) in [6.45, 7) is 0. The fourth-order valence-corrected chi connectivity index (χ4v) is 0.652. The quantitative estimate of drug-likeness (QED) is 0.632. The molecular weight excluding hydrogens is 160 g/mol. The molecule has 0 aromatic carbocycles. The molecule has 0 aliphatic rings. The van der Waals surface area contributed by atoms with Gasteiger partial charge in [-0.25, -0.2) is 4.79 Å². The van der Waals surface area contributed by atoms with Crippen molar-refractivity contribution in [3.63, 3.8) is 0 Å². The Bertz CT molecular complexity index is 269. The second kappa shape index (κ2) is 2.18. The molecule has 0 amide bonds. The minimum absolute atomic E-state index is 0.231. The summed E-state index contributed by atoms with van der Waals surface area (Å²) in [5.74, 6) is -1.71. The van der Waals surface area contributed by atoms with Gasteiger partial charge in [0.2, 0.25) is 0 Å². The van der Waals surface area contributed by atoms with Crippen LogP contribution in [-0.2, 0) is 0 Å². The highest BCUT2D eigenvalue weighted by molar-refractivity contribution is 6.32. The van der Waals surface area contributed by atoms with Gasteiger partial charge in [0.1, 0.15) is 0 Å². The molecule has 0 saturated carbocycles. The zero-order valence-electron chi connectivity index (χ0n) is 4.67. The molecule has 1 heterocycles. The molecular formula is C4H3ClN2O3. The van der Waals surface area contributed by atoms with Gasteiger partial charge in [-0.3, -0.25) is 0 Å². The third-order valence-electron chi connectivity index (χ3n) is 0.797. The average molecular weight is 163 g/mol. The molecule has 6 heteroatoms. The molecule has 0 radical (unpaired) electrons. The number of carboxylic acid groups (broad SMARTS) is 1. The summed E-state index contributed by atoms with van der Waals surface area (Å²) in [6, 6.07) is -0.248. The van der Waals surface area contributed by atoms with Crippen LogP contribution in [0.5, 0.6) is 0 Å². The SMILES string of the molecule is Nc1nc(Cl)c(C(=O)O)o1. The summed E-state index contributed by atoms with van der Waals surface area (Å²) in [7, 11) is 0. The summed E-state index contributed by atoms with van der Waals surface area (Å²) in [4.78, 5) is 13.5. The molecule has 0 aliphatic heterocycles. The monoisotopic (exact) mass is 162 g/mol. The predicted octanol–water partition coefficient (Wildman–Crippen LogP) is 0.608. The Morgan fingerprint density at radius 3 is 2.60 bits per heavy atom. The van der Waals surface area contributed by atoms with E-state index in [0.29, 0.717) is 0 Å². The van der Waals surface area contributed by atoms with Crippen molar-refractivity contribution in [2.75, 3.05) is 5.73 Å². The van der Waals surface area contributed by atoms with E-state index in [4.69, 9.17) is 22.4 Å². The minimum atomic E-state index is -1.28. The van der Waals surface area contributed by atoms with E-state index in [9.17, 15) is 4.79 Å². The van der Waals surface area contributed by atoms with Crippen LogP contribution in [0.1, 0.15) is 10.6 Å². The minimum Gasteiger partial charge on any atom is -0.475 e. The van der Waals surface area contributed by atoms with Crippen LogP contribution in [0.25, 0.3) is 0 Å². The van der Waals surface area contributed by atoms with Crippen molar-refractivity contribution < 1.29 is 14.3 Å². The molecule has 1 rings (SSSR count). The van der Waals surface area contributed by atoms with Crippen molar-refractivity contribution in [1.29, 1.82) is 0 Å². The molecule has 0 spiro atoms. The van der Waals surface area contributed by atoms with E-state index in [0.717, 1.165) is 0 Å². The highest BCUT2D eigenvalue weighted by Crippen LogP contribution is 2.16. The average Bonchev–Trinajstić information content (AvgIpc) is 2.10. The van der Waals surface area contributed by atoms with Crippen LogP contribution in [0.4, 0.5) is 6.01 Å². The molecule has 0 bridgehead atoms. The molecule has 0 saturated heterocycles. The number of hydrogen-bond acceptors (Lipinski definition) is 4. The van der Waals surface area contributed by atoms with Gasteiger partial charge in [-0.05, 0) is 0 Å². The number of oxazole rings is 1. The van der Waals surface area contributed by atoms with E-state index < -0.39 is 11.7 Å². The predicted molar refractivity (Wildman–Crippen MR) is 32.9 cm³/mol. The van der Waals surface area contributed by atoms with Gasteiger partial charge in [0.05, 0.1) is 0 Å².